The van der Waals surface area contributed by atoms with Crippen molar-refractivity contribution in [1.29, 1.82) is 0 Å². The zero-order chi connectivity index (χ0) is 16.8. The van der Waals surface area contributed by atoms with Crippen molar-refractivity contribution in [3.05, 3.63) is 40.9 Å². The third-order valence-corrected chi connectivity index (χ3v) is 4.60. The predicted molar refractivity (Wildman–Crippen MR) is 97.6 cm³/mol. The van der Waals surface area contributed by atoms with Crippen LogP contribution < -0.4 is 15.1 Å². The lowest BCUT2D eigenvalue weighted by Gasteiger charge is -2.16. The third-order valence-electron chi connectivity index (χ3n) is 3.65. The minimum Gasteiger partial charge on any atom is -0.378 e. The fourth-order valence-electron chi connectivity index (χ4n) is 2.20. The molecule has 0 bridgehead atoms. The van der Waals surface area contributed by atoms with Gasteiger partial charge in [-0.25, -0.2) is 4.98 Å². The standard InChI is InChI=1S/C17H24N4OS/c1-5-21(6-2)17-19-14(12-23-17)11-18-16(22)13-7-9-15(10-8-13)20(3)4/h7-10,12H,5-6,11H2,1-4H3,(H,18,22). The van der Waals surface area contributed by atoms with Gasteiger partial charge in [0.2, 0.25) is 0 Å². The molecule has 1 aromatic heterocycles. The van der Waals surface area contributed by atoms with E-state index in [1.54, 1.807) is 11.3 Å². The van der Waals surface area contributed by atoms with Gasteiger partial charge >= 0.3 is 0 Å². The second-order valence-corrected chi connectivity index (χ2v) is 6.25. The Bertz CT molecular complexity index is 632. The van der Waals surface area contributed by atoms with Gasteiger partial charge in [0.15, 0.2) is 5.13 Å². The number of amides is 1. The zero-order valence-corrected chi connectivity index (χ0v) is 15.0. The zero-order valence-electron chi connectivity index (χ0n) is 14.2. The van der Waals surface area contributed by atoms with Crippen LogP contribution in [-0.4, -0.2) is 38.1 Å². The van der Waals surface area contributed by atoms with Gasteiger partial charge in [-0.2, -0.15) is 0 Å². The van der Waals surface area contributed by atoms with E-state index in [9.17, 15) is 4.79 Å². The second kappa shape index (κ2) is 7.97. The first-order valence-electron chi connectivity index (χ1n) is 7.80. The number of thiazole rings is 1. The van der Waals surface area contributed by atoms with Crippen LogP contribution in [-0.2, 0) is 6.54 Å². The van der Waals surface area contributed by atoms with Gasteiger partial charge in [-0.1, -0.05) is 0 Å². The molecular formula is C17H24N4OS. The van der Waals surface area contributed by atoms with Crippen LogP contribution in [0.3, 0.4) is 0 Å². The molecule has 2 aromatic rings. The first-order chi connectivity index (χ1) is 11.0. The summed E-state index contributed by atoms with van der Waals surface area (Å²) in [5, 5.41) is 5.94. The summed E-state index contributed by atoms with van der Waals surface area (Å²) < 4.78 is 0. The van der Waals surface area contributed by atoms with Crippen LogP contribution in [0.15, 0.2) is 29.6 Å². The highest BCUT2D eigenvalue weighted by atomic mass is 32.1. The van der Waals surface area contributed by atoms with Crippen LogP contribution >= 0.6 is 11.3 Å². The monoisotopic (exact) mass is 332 g/mol. The van der Waals surface area contributed by atoms with E-state index in [0.29, 0.717) is 12.1 Å². The van der Waals surface area contributed by atoms with Crippen molar-refractivity contribution in [3.63, 3.8) is 0 Å². The number of anilines is 2. The molecule has 2 rings (SSSR count). The molecule has 0 fully saturated rings. The average molecular weight is 332 g/mol. The average Bonchev–Trinajstić information content (AvgIpc) is 3.02. The van der Waals surface area contributed by atoms with Crippen molar-refractivity contribution < 1.29 is 4.79 Å². The number of nitrogens with one attached hydrogen (secondary N) is 1. The smallest absolute Gasteiger partial charge is 0.251 e. The number of benzene rings is 1. The Balaban J connectivity index is 1.94. The van der Waals surface area contributed by atoms with Gasteiger partial charge in [0, 0.05) is 43.8 Å². The first kappa shape index (κ1) is 17.3. The summed E-state index contributed by atoms with van der Waals surface area (Å²) in [5.74, 6) is -0.0762. The van der Waals surface area contributed by atoms with Gasteiger partial charge < -0.3 is 15.1 Å². The summed E-state index contributed by atoms with van der Waals surface area (Å²) in [4.78, 5) is 21.0. The van der Waals surface area contributed by atoms with E-state index in [1.807, 2.05) is 48.6 Å². The molecule has 0 saturated carbocycles. The Hall–Kier alpha value is -2.08. The lowest BCUT2D eigenvalue weighted by molar-refractivity contribution is 0.0950. The maximum absolute atomic E-state index is 12.2. The van der Waals surface area contributed by atoms with Gasteiger partial charge in [-0.15, -0.1) is 11.3 Å². The predicted octanol–water partition coefficient (Wildman–Crippen LogP) is 2.99. The van der Waals surface area contributed by atoms with Crippen molar-refractivity contribution in [3.8, 4) is 0 Å². The van der Waals surface area contributed by atoms with E-state index in [4.69, 9.17) is 0 Å². The van der Waals surface area contributed by atoms with Crippen LogP contribution in [0.5, 0.6) is 0 Å². The summed E-state index contributed by atoms with van der Waals surface area (Å²) >= 11 is 1.62. The van der Waals surface area contributed by atoms with Gasteiger partial charge in [0.25, 0.3) is 5.91 Å². The number of carbonyl (C=O) groups excluding carboxylic acids is 1. The van der Waals surface area contributed by atoms with Crippen LogP contribution in [0, 0.1) is 0 Å². The van der Waals surface area contributed by atoms with Crippen LogP contribution in [0.4, 0.5) is 10.8 Å². The summed E-state index contributed by atoms with van der Waals surface area (Å²) in [7, 11) is 3.95. The molecule has 5 nitrogen and oxygen atoms in total. The Kier molecular flexibility index (Phi) is 5.98. The van der Waals surface area contributed by atoms with Crippen LogP contribution in [0.25, 0.3) is 0 Å². The molecule has 0 atom stereocenters. The van der Waals surface area contributed by atoms with Gasteiger partial charge in [0.05, 0.1) is 12.2 Å². The molecular weight excluding hydrogens is 308 g/mol. The highest BCUT2D eigenvalue weighted by Gasteiger charge is 2.10. The lowest BCUT2D eigenvalue weighted by Crippen LogP contribution is -2.24. The Labute approximate surface area is 141 Å². The quantitative estimate of drug-likeness (QED) is 0.847. The summed E-state index contributed by atoms with van der Waals surface area (Å²) in [6.07, 6.45) is 0. The Morgan fingerprint density at radius 2 is 1.83 bits per heavy atom. The number of nitrogens with zero attached hydrogens (tertiary/aromatic N) is 3. The molecule has 1 N–H and O–H groups in total. The van der Waals surface area contributed by atoms with Crippen molar-refractivity contribution in [2.75, 3.05) is 37.0 Å². The fraction of sp³-hybridized carbons (Fsp3) is 0.412. The molecule has 124 valence electrons. The number of hydrogen-bond acceptors (Lipinski definition) is 5. The van der Waals surface area contributed by atoms with Crippen molar-refractivity contribution in [2.24, 2.45) is 0 Å². The van der Waals surface area contributed by atoms with E-state index in [0.717, 1.165) is 29.6 Å². The number of aromatic nitrogens is 1. The molecule has 1 amide bonds. The molecule has 1 heterocycles. The first-order valence-corrected chi connectivity index (χ1v) is 8.68. The molecule has 0 spiro atoms. The van der Waals surface area contributed by atoms with E-state index >= 15 is 0 Å². The van der Waals surface area contributed by atoms with Gasteiger partial charge in [0.1, 0.15) is 0 Å². The third kappa shape index (κ3) is 4.45. The summed E-state index contributed by atoms with van der Waals surface area (Å²) in [6.45, 7) is 6.56. The molecule has 0 aliphatic carbocycles. The van der Waals surface area contributed by atoms with E-state index in [1.165, 1.54) is 0 Å². The van der Waals surface area contributed by atoms with Gasteiger partial charge in [-0.3, -0.25) is 4.79 Å². The van der Waals surface area contributed by atoms with Crippen molar-refractivity contribution in [2.45, 2.75) is 20.4 Å². The Morgan fingerprint density at radius 3 is 2.39 bits per heavy atom. The molecule has 0 saturated heterocycles. The Morgan fingerprint density at radius 1 is 1.17 bits per heavy atom. The number of rotatable bonds is 7. The largest absolute Gasteiger partial charge is 0.378 e. The van der Waals surface area contributed by atoms with Gasteiger partial charge in [-0.05, 0) is 38.1 Å². The number of hydrogen-bond donors (Lipinski definition) is 1. The maximum atomic E-state index is 12.2. The van der Waals surface area contributed by atoms with E-state index < -0.39 is 0 Å². The SMILES string of the molecule is CCN(CC)c1nc(CNC(=O)c2ccc(N(C)C)cc2)cs1. The molecule has 23 heavy (non-hydrogen) atoms. The summed E-state index contributed by atoms with van der Waals surface area (Å²) in [5.41, 5.74) is 2.63. The molecule has 6 heteroatoms. The molecule has 0 aliphatic heterocycles. The molecule has 1 aromatic carbocycles. The van der Waals surface area contributed by atoms with E-state index in [-0.39, 0.29) is 5.91 Å². The minimum absolute atomic E-state index is 0.0762. The van der Waals surface area contributed by atoms with Crippen LogP contribution in [0.1, 0.15) is 29.9 Å². The highest BCUT2D eigenvalue weighted by molar-refractivity contribution is 7.13. The lowest BCUT2D eigenvalue weighted by atomic mass is 10.2. The number of carbonyl (C=O) groups is 1. The molecule has 0 unspecified atom stereocenters. The fourth-order valence-corrected chi connectivity index (χ4v) is 3.16. The molecule has 0 radical (unpaired) electrons. The maximum Gasteiger partial charge on any atom is 0.251 e. The highest BCUT2D eigenvalue weighted by Crippen LogP contribution is 2.20. The van der Waals surface area contributed by atoms with Crippen molar-refractivity contribution in [1.82, 2.24) is 10.3 Å². The topological polar surface area (TPSA) is 48.5 Å². The normalized spacial score (nSPS) is 10.4. The minimum atomic E-state index is -0.0762. The second-order valence-electron chi connectivity index (χ2n) is 5.42. The van der Waals surface area contributed by atoms with Crippen LogP contribution in [0.2, 0.25) is 0 Å². The molecule has 0 aliphatic rings. The van der Waals surface area contributed by atoms with Crippen molar-refractivity contribution >= 4 is 28.1 Å². The van der Waals surface area contributed by atoms with E-state index in [2.05, 4.69) is 29.0 Å². The summed E-state index contributed by atoms with van der Waals surface area (Å²) in [6, 6.07) is 7.56.